The fourth-order valence-corrected chi connectivity index (χ4v) is 2.97. The fourth-order valence-electron chi connectivity index (χ4n) is 2.97. The van der Waals surface area contributed by atoms with E-state index in [0.717, 1.165) is 37.0 Å². The van der Waals surface area contributed by atoms with Crippen LogP contribution in [0.5, 0.6) is 23.0 Å². The van der Waals surface area contributed by atoms with E-state index in [2.05, 4.69) is 12.1 Å². The lowest BCUT2D eigenvalue weighted by atomic mass is 10.0. The molecule has 4 heteroatoms. The van der Waals surface area contributed by atoms with Gasteiger partial charge in [-0.1, -0.05) is 30.7 Å². The van der Waals surface area contributed by atoms with Gasteiger partial charge in [0, 0.05) is 0 Å². The normalized spacial score (nSPS) is 18.6. The largest absolute Gasteiger partial charge is 0.493 e. The van der Waals surface area contributed by atoms with Crippen LogP contribution in [0.25, 0.3) is 6.08 Å². The van der Waals surface area contributed by atoms with E-state index >= 15 is 0 Å². The van der Waals surface area contributed by atoms with Crippen molar-refractivity contribution in [3.63, 3.8) is 0 Å². The minimum atomic E-state index is -0.454. The standard InChI is InChI=1S/C21H24O4/c1-23-19-13-16-7-10-17(22)6-4-3-5-15-8-11-18(12-9-15)25-20(14-16)21(19)24-2/h7-14,17,22H,3-6H2,1-2H3/b10-7-/t17-/m1/s1. The van der Waals surface area contributed by atoms with Gasteiger partial charge < -0.3 is 19.3 Å². The number of hydrogen-bond acceptors (Lipinski definition) is 4. The molecule has 132 valence electrons. The number of rotatable bonds is 2. The minimum absolute atomic E-state index is 0.454. The van der Waals surface area contributed by atoms with Crippen molar-refractivity contribution in [2.45, 2.75) is 31.8 Å². The van der Waals surface area contributed by atoms with Gasteiger partial charge in [0.25, 0.3) is 0 Å². The maximum atomic E-state index is 10.2. The van der Waals surface area contributed by atoms with Crippen molar-refractivity contribution in [2.75, 3.05) is 14.2 Å². The molecule has 2 heterocycles. The number of benzene rings is 2. The van der Waals surface area contributed by atoms with Gasteiger partial charge in [0.1, 0.15) is 5.75 Å². The molecular formula is C21H24O4. The summed E-state index contributed by atoms with van der Waals surface area (Å²) in [7, 11) is 3.19. The number of aliphatic hydroxyl groups is 1. The summed E-state index contributed by atoms with van der Waals surface area (Å²) in [5.74, 6) is 2.47. The van der Waals surface area contributed by atoms with Crippen LogP contribution in [0.4, 0.5) is 0 Å². The van der Waals surface area contributed by atoms with E-state index in [1.165, 1.54) is 5.56 Å². The molecule has 0 aliphatic carbocycles. The molecule has 0 fully saturated rings. The van der Waals surface area contributed by atoms with Crippen molar-refractivity contribution < 1.29 is 19.3 Å². The number of fused-ring (bicyclic) bond motifs is 7. The molecule has 0 amide bonds. The van der Waals surface area contributed by atoms with Gasteiger partial charge in [-0.3, -0.25) is 0 Å². The first-order valence-electron chi connectivity index (χ1n) is 8.58. The van der Waals surface area contributed by atoms with Gasteiger partial charge in [-0.05, 0) is 54.7 Å². The average molecular weight is 340 g/mol. The topological polar surface area (TPSA) is 47.9 Å². The zero-order valence-electron chi connectivity index (χ0n) is 14.7. The summed E-state index contributed by atoms with van der Waals surface area (Å²) < 4.78 is 16.9. The lowest BCUT2D eigenvalue weighted by Gasteiger charge is -2.15. The Morgan fingerprint density at radius 1 is 1.04 bits per heavy atom. The first kappa shape index (κ1) is 17.4. The highest BCUT2D eigenvalue weighted by atomic mass is 16.5. The zero-order chi connectivity index (χ0) is 17.6. The van der Waals surface area contributed by atoms with Gasteiger partial charge in [-0.25, -0.2) is 0 Å². The summed E-state index contributed by atoms with van der Waals surface area (Å²) in [5, 5.41) is 10.2. The van der Waals surface area contributed by atoms with Crippen LogP contribution in [0.15, 0.2) is 42.5 Å². The highest BCUT2D eigenvalue weighted by Crippen LogP contribution is 2.41. The van der Waals surface area contributed by atoms with E-state index in [9.17, 15) is 5.11 Å². The number of hydrogen-bond donors (Lipinski definition) is 1. The molecular weight excluding hydrogens is 316 g/mol. The minimum Gasteiger partial charge on any atom is -0.493 e. The van der Waals surface area contributed by atoms with Crippen molar-refractivity contribution in [3.8, 4) is 23.0 Å². The molecule has 2 aromatic carbocycles. The molecule has 0 aromatic heterocycles. The highest BCUT2D eigenvalue weighted by Gasteiger charge is 2.14. The molecule has 4 nitrogen and oxygen atoms in total. The third kappa shape index (κ3) is 4.34. The lowest BCUT2D eigenvalue weighted by molar-refractivity contribution is 0.209. The molecule has 2 aliphatic rings. The first-order valence-corrected chi connectivity index (χ1v) is 8.58. The molecule has 1 atom stereocenters. The summed E-state index contributed by atoms with van der Waals surface area (Å²) in [4.78, 5) is 0. The van der Waals surface area contributed by atoms with Gasteiger partial charge in [-0.2, -0.15) is 0 Å². The van der Waals surface area contributed by atoms with Crippen molar-refractivity contribution in [1.29, 1.82) is 0 Å². The van der Waals surface area contributed by atoms with E-state index in [4.69, 9.17) is 14.2 Å². The monoisotopic (exact) mass is 340 g/mol. The van der Waals surface area contributed by atoms with Crippen molar-refractivity contribution in [3.05, 3.63) is 53.6 Å². The first-order chi connectivity index (χ1) is 12.2. The third-order valence-electron chi connectivity index (χ3n) is 4.34. The van der Waals surface area contributed by atoms with Crippen LogP contribution in [0.3, 0.4) is 0 Å². The molecule has 25 heavy (non-hydrogen) atoms. The quantitative estimate of drug-likeness (QED) is 0.868. The fraction of sp³-hybridized carbons (Fsp3) is 0.333. The predicted octanol–water partition coefficient (Wildman–Crippen LogP) is 4.60. The molecule has 4 bridgehead atoms. The molecule has 0 saturated heterocycles. The maximum Gasteiger partial charge on any atom is 0.203 e. The number of ether oxygens (including phenoxy) is 3. The summed E-state index contributed by atoms with van der Waals surface area (Å²) in [6, 6.07) is 11.9. The number of aryl methyl sites for hydroxylation is 1. The second kappa shape index (κ2) is 8.08. The number of methoxy groups -OCH3 is 2. The summed E-state index contributed by atoms with van der Waals surface area (Å²) in [6.45, 7) is 0. The number of aliphatic hydroxyl groups excluding tert-OH is 1. The van der Waals surface area contributed by atoms with Crippen LogP contribution in [-0.2, 0) is 6.42 Å². The maximum absolute atomic E-state index is 10.2. The molecule has 0 saturated carbocycles. The molecule has 2 aromatic rings. The smallest absolute Gasteiger partial charge is 0.203 e. The van der Waals surface area contributed by atoms with Crippen molar-refractivity contribution >= 4 is 6.08 Å². The van der Waals surface area contributed by atoms with Crippen LogP contribution >= 0.6 is 0 Å². The third-order valence-corrected chi connectivity index (χ3v) is 4.34. The van der Waals surface area contributed by atoms with E-state index in [1.54, 1.807) is 14.2 Å². The van der Waals surface area contributed by atoms with Crippen LogP contribution < -0.4 is 14.2 Å². The molecule has 0 unspecified atom stereocenters. The lowest BCUT2D eigenvalue weighted by Crippen LogP contribution is -2.01. The van der Waals surface area contributed by atoms with Crippen LogP contribution in [0.1, 0.15) is 30.4 Å². The van der Waals surface area contributed by atoms with Gasteiger partial charge in [-0.15, -0.1) is 0 Å². The molecule has 4 rings (SSSR count). The van der Waals surface area contributed by atoms with Gasteiger partial charge in [0.2, 0.25) is 5.75 Å². The Hall–Kier alpha value is -2.46. The Balaban J connectivity index is 2.04. The predicted molar refractivity (Wildman–Crippen MR) is 98.7 cm³/mol. The Kier molecular flexibility index (Phi) is 5.61. The van der Waals surface area contributed by atoms with E-state index < -0.39 is 6.10 Å². The summed E-state index contributed by atoms with van der Waals surface area (Å²) in [5.41, 5.74) is 2.16. The Morgan fingerprint density at radius 2 is 1.84 bits per heavy atom. The van der Waals surface area contributed by atoms with Crippen molar-refractivity contribution in [2.24, 2.45) is 0 Å². The SMILES string of the molecule is COc1cc2cc(c1OC)Oc1ccc(cc1)CCCC[C@@H](O)/C=C\2. The van der Waals surface area contributed by atoms with E-state index in [-0.39, 0.29) is 0 Å². The summed E-state index contributed by atoms with van der Waals surface area (Å²) >= 11 is 0. The molecule has 1 N–H and O–H groups in total. The second-order valence-electron chi connectivity index (χ2n) is 6.17. The average Bonchev–Trinajstić information content (AvgIpc) is 2.64. The Labute approximate surface area is 148 Å². The van der Waals surface area contributed by atoms with E-state index in [0.29, 0.717) is 17.2 Å². The zero-order valence-corrected chi connectivity index (χ0v) is 14.7. The molecule has 0 spiro atoms. The van der Waals surface area contributed by atoms with Crippen LogP contribution in [0, 0.1) is 0 Å². The van der Waals surface area contributed by atoms with Gasteiger partial charge >= 0.3 is 0 Å². The summed E-state index contributed by atoms with van der Waals surface area (Å²) in [6.07, 6.45) is 7.05. The highest BCUT2D eigenvalue weighted by molar-refractivity contribution is 5.63. The Morgan fingerprint density at radius 3 is 2.56 bits per heavy atom. The van der Waals surface area contributed by atoms with Crippen molar-refractivity contribution in [1.82, 2.24) is 0 Å². The van der Waals surface area contributed by atoms with Crippen LogP contribution in [-0.4, -0.2) is 25.4 Å². The van der Waals surface area contributed by atoms with Crippen LogP contribution in [0.2, 0.25) is 0 Å². The Bertz CT molecular complexity index is 734. The van der Waals surface area contributed by atoms with Gasteiger partial charge in [0.05, 0.1) is 20.3 Å². The molecule has 0 radical (unpaired) electrons. The van der Waals surface area contributed by atoms with E-state index in [1.807, 2.05) is 36.4 Å². The molecule has 2 aliphatic heterocycles. The van der Waals surface area contributed by atoms with Gasteiger partial charge in [0.15, 0.2) is 11.5 Å². The second-order valence-corrected chi connectivity index (χ2v) is 6.17.